The fourth-order valence-corrected chi connectivity index (χ4v) is 3.85. The minimum absolute atomic E-state index is 0.0200. The lowest BCUT2D eigenvalue weighted by molar-refractivity contribution is -0.149. The molecule has 148 valence electrons. The van der Waals surface area contributed by atoms with E-state index in [0.717, 1.165) is 25.0 Å². The van der Waals surface area contributed by atoms with Crippen LogP contribution in [0.15, 0.2) is 18.3 Å². The summed E-state index contributed by atoms with van der Waals surface area (Å²) in [5, 5.41) is 12.2. The Hall–Kier alpha value is -2.52. The van der Waals surface area contributed by atoms with Crippen LogP contribution < -0.4 is 10.1 Å². The molecule has 1 aliphatic carbocycles. The zero-order chi connectivity index (χ0) is 19.7. The number of carboxylic acid groups (broad SMARTS) is 1. The van der Waals surface area contributed by atoms with E-state index in [1.54, 1.807) is 0 Å². The van der Waals surface area contributed by atoms with Gasteiger partial charge in [0, 0.05) is 25.4 Å². The lowest BCUT2D eigenvalue weighted by atomic mass is 9.81. The third-order valence-electron chi connectivity index (χ3n) is 5.28. The average molecular weight is 387 g/mol. The molecule has 0 unspecified atom stereocenters. The van der Waals surface area contributed by atoms with Crippen molar-refractivity contribution < 1.29 is 32.6 Å². The molecule has 2 amide bonds. The minimum atomic E-state index is -4.46. The molecule has 1 aliphatic heterocycles. The predicted molar refractivity (Wildman–Crippen MR) is 87.1 cm³/mol. The summed E-state index contributed by atoms with van der Waals surface area (Å²) in [7, 11) is 0. The van der Waals surface area contributed by atoms with Gasteiger partial charge in [0.1, 0.15) is 6.61 Å². The molecule has 2 fully saturated rings. The topological polar surface area (TPSA) is 91.8 Å². The highest BCUT2D eigenvalue weighted by atomic mass is 19.4. The SMILES string of the molecule is O=C(NCCOc1ccc(C(F)(F)F)cn1)N1C[C@@H]2CCC[C@@]2(C(=O)O)C1. The lowest BCUT2D eigenvalue weighted by Crippen LogP contribution is -2.42. The number of aliphatic carboxylic acids is 1. The van der Waals surface area contributed by atoms with E-state index in [-0.39, 0.29) is 37.5 Å². The number of likely N-dealkylation sites (tertiary alicyclic amines) is 1. The zero-order valence-electron chi connectivity index (χ0n) is 14.5. The van der Waals surface area contributed by atoms with Crippen LogP contribution in [0.1, 0.15) is 24.8 Å². The van der Waals surface area contributed by atoms with E-state index in [2.05, 4.69) is 10.3 Å². The Bertz CT molecular complexity index is 710. The molecule has 1 aromatic heterocycles. The number of nitrogens with one attached hydrogen (secondary N) is 1. The molecule has 2 aliphatic rings. The number of fused-ring (bicyclic) bond motifs is 1. The molecule has 0 radical (unpaired) electrons. The maximum absolute atomic E-state index is 12.5. The number of aromatic nitrogens is 1. The molecular formula is C17H20F3N3O4. The van der Waals surface area contributed by atoms with Crippen molar-refractivity contribution in [2.24, 2.45) is 11.3 Å². The number of hydrogen-bond acceptors (Lipinski definition) is 4. The Labute approximate surface area is 153 Å². The fraction of sp³-hybridized carbons (Fsp3) is 0.588. The lowest BCUT2D eigenvalue weighted by Gasteiger charge is -2.23. The van der Waals surface area contributed by atoms with Gasteiger partial charge in [0.2, 0.25) is 5.88 Å². The second-order valence-corrected chi connectivity index (χ2v) is 6.89. The molecule has 2 atom stereocenters. The summed E-state index contributed by atoms with van der Waals surface area (Å²) >= 11 is 0. The van der Waals surface area contributed by atoms with Crippen molar-refractivity contribution in [2.45, 2.75) is 25.4 Å². The Morgan fingerprint density at radius 1 is 1.41 bits per heavy atom. The predicted octanol–water partition coefficient (Wildman–Crippen LogP) is 2.38. The van der Waals surface area contributed by atoms with Crippen molar-refractivity contribution in [2.75, 3.05) is 26.2 Å². The van der Waals surface area contributed by atoms with Crippen LogP contribution in [0.3, 0.4) is 0 Å². The van der Waals surface area contributed by atoms with Gasteiger partial charge in [-0.25, -0.2) is 9.78 Å². The summed E-state index contributed by atoms with van der Waals surface area (Å²) in [5.41, 5.74) is -1.70. The highest BCUT2D eigenvalue weighted by molar-refractivity contribution is 5.80. The number of carbonyl (C=O) groups excluding carboxylic acids is 1. The van der Waals surface area contributed by atoms with Gasteiger partial charge in [0.15, 0.2) is 0 Å². The number of ether oxygens (including phenoxy) is 1. The number of pyridine rings is 1. The summed E-state index contributed by atoms with van der Waals surface area (Å²) in [5.74, 6) is -0.844. The van der Waals surface area contributed by atoms with Crippen LogP contribution in [-0.4, -0.2) is 53.2 Å². The van der Waals surface area contributed by atoms with Gasteiger partial charge in [-0.2, -0.15) is 13.2 Å². The molecule has 3 rings (SSSR count). The van der Waals surface area contributed by atoms with E-state index in [1.165, 1.54) is 4.90 Å². The van der Waals surface area contributed by atoms with Crippen LogP contribution in [0.4, 0.5) is 18.0 Å². The second-order valence-electron chi connectivity index (χ2n) is 6.89. The number of urea groups is 1. The second kappa shape index (κ2) is 7.24. The quantitative estimate of drug-likeness (QED) is 0.757. The molecule has 10 heteroatoms. The third-order valence-corrected chi connectivity index (χ3v) is 5.28. The number of alkyl halides is 3. The Kier molecular flexibility index (Phi) is 5.16. The van der Waals surface area contributed by atoms with E-state index < -0.39 is 23.1 Å². The van der Waals surface area contributed by atoms with Crippen LogP contribution in [0.2, 0.25) is 0 Å². The molecule has 2 heterocycles. The molecule has 27 heavy (non-hydrogen) atoms. The monoisotopic (exact) mass is 387 g/mol. The maximum atomic E-state index is 12.5. The van der Waals surface area contributed by atoms with E-state index in [4.69, 9.17) is 4.74 Å². The Balaban J connectivity index is 1.43. The van der Waals surface area contributed by atoms with E-state index in [9.17, 15) is 27.9 Å². The molecule has 0 aromatic carbocycles. The summed E-state index contributed by atoms with van der Waals surface area (Å²) in [4.78, 5) is 28.9. The minimum Gasteiger partial charge on any atom is -0.481 e. The Morgan fingerprint density at radius 2 is 2.19 bits per heavy atom. The highest BCUT2D eigenvalue weighted by Gasteiger charge is 2.55. The first kappa shape index (κ1) is 19.2. The molecule has 0 spiro atoms. The molecule has 2 N–H and O–H groups in total. The number of halogens is 3. The first-order valence-corrected chi connectivity index (χ1v) is 8.64. The van der Waals surface area contributed by atoms with Gasteiger partial charge >= 0.3 is 18.2 Å². The molecule has 1 aromatic rings. The van der Waals surface area contributed by atoms with Crippen molar-refractivity contribution in [1.82, 2.24) is 15.2 Å². The number of hydrogen-bond donors (Lipinski definition) is 2. The fourth-order valence-electron chi connectivity index (χ4n) is 3.85. The molecular weight excluding hydrogens is 367 g/mol. The Morgan fingerprint density at radius 3 is 2.78 bits per heavy atom. The van der Waals surface area contributed by atoms with Crippen molar-refractivity contribution >= 4 is 12.0 Å². The average Bonchev–Trinajstić information content (AvgIpc) is 3.16. The van der Waals surface area contributed by atoms with Crippen LogP contribution in [0, 0.1) is 11.3 Å². The molecule has 7 nitrogen and oxygen atoms in total. The van der Waals surface area contributed by atoms with E-state index in [1.807, 2.05) is 0 Å². The van der Waals surface area contributed by atoms with Gasteiger partial charge in [-0.1, -0.05) is 6.42 Å². The molecule has 0 bridgehead atoms. The van der Waals surface area contributed by atoms with E-state index >= 15 is 0 Å². The largest absolute Gasteiger partial charge is 0.481 e. The highest BCUT2D eigenvalue weighted by Crippen LogP contribution is 2.48. The van der Waals surface area contributed by atoms with Crippen LogP contribution >= 0.6 is 0 Å². The van der Waals surface area contributed by atoms with Gasteiger partial charge in [-0.05, 0) is 24.8 Å². The van der Waals surface area contributed by atoms with Crippen LogP contribution in [0.25, 0.3) is 0 Å². The summed E-state index contributed by atoms with van der Waals surface area (Å²) in [6.07, 6.45) is -1.53. The summed E-state index contributed by atoms with van der Waals surface area (Å²) in [6, 6.07) is 1.62. The van der Waals surface area contributed by atoms with E-state index in [0.29, 0.717) is 19.2 Å². The summed E-state index contributed by atoms with van der Waals surface area (Å²) < 4.78 is 42.6. The van der Waals surface area contributed by atoms with Crippen LogP contribution in [0.5, 0.6) is 5.88 Å². The first-order valence-electron chi connectivity index (χ1n) is 8.64. The van der Waals surface area contributed by atoms with Gasteiger partial charge in [-0.3, -0.25) is 4.79 Å². The van der Waals surface area contributed by atoms with Crippen molar-refractivity contribution in [3.63, 3.8) is 0 Å². The first-order chi connectivity index (χ1) is 12.7. The molecule has 1 saturated heterocycles. The smallest absolute Gasteiger partial charge is 0.417 e. The normalized spacial score (nSPS) is 24.6. The standard InChI is InChI=1S/C17H20F3N3O4/c18-17(19,20)11-3-4-13(22-8-11)27-7-6-21-15(26)23-9-12-2-1-5-16(12,10-23)14(24)25/h3-4,8,12H,1-2,5-7,9-10H2,(H,21,26)(H,24,25)/t12-,16+/m0/s1. The van der Waals surface area contributed by atoms with Gasteiger partial charge in [0.25, 0.3) is 0 Å². The number of carbonyl (C=O) groups is 2. The zero-order valence-corrected chi connectivity index (χ0v) is 14.5. The maximum Gasteiger partial charge on any atom is 0.417 e. The van der Waals surface area contributed by atoms with Crippen molar-refractivity contribution in [3.8, 4) is 5.88 Å². The number of amides is 2. The van der Waals surface area contributed by atoms with Crippen molar-refractivity contribution in [3.05, 3.63) is 23.9 Å². The number of carboxylic acids is 1. The van der Waals surface area contributed by atoms with Crippen LogP contribution in [-0.2, 0) is 11.0 Å². The van der Waals surface area contributed by atoms with Gasteiger partial charge in [-0.15, -0.1) is 0 Å². The number of rotatable bonds is 5. The van der Waals surface area contributed by atoms with Gasteiger partial charge < -0.3 is 20.1 Å². The number of nitrogens with zero attached hydrogens (tertiary/aromatic N) is 2. The third kappa shape index (κ3) is 3.93. The van der Waals surface area contributed by atoms with Gasteiger partial charge in [0.05, 0.1) is 17.5 Å². The molecule has 1 saturated carbocycles. The van der Waals surface area contributed by atoms with Crippen molar-refractivity contribution in [1.29, 1.82) is 0 Å². The summed E-state index contributed by atoms with van der Waals surface area (Å²) in [6.45, 7) is 0.772.